The summed E-state index contributed by atoms with van der Waals surface area (Å²) in [5.41, 5.74) is 5.82. The summed E-state index contributed by atoms with van der Waals surface area (Å²) in [5, 5.41) is 14.1. The average molecular weight is 428 g/mol. The smallest absolute Gasteiger partial charge is 0.271 e. The molecule has 0 bridgehead atoms. The van der Waals surface area contributed by atoms with E-state index in [1.165, 1.54) is 0 Å². The van der Waals surface area contributed by atoms with E-state index in [1.54, 1.807) is 42.6 Å². The van der Waals surface area contributed by atoms with Crippen LogP contribution in [-0.4, -0.2) is 33.8 Å². The molecule has 0 fully saturated rings. The van der Waals surface area contributed by atoms with E-state index in [1.807, 2.05) is 30.3 Å². The van der Waals surface area contributed by atoms with Crippen LogP contribution in [0.5, 0.6) is 11.5 Å². The number of rotatable bonds is 7. The Kier molecular flexibility index (Phi) is 6.17. The lowest BCUT2D eigenvalue weighted by atomic mass is 10.2. The Balaban J connectivity index is 1.42. The molecule has 4 rings (SSSR count). The molecule has 1 aromatic heterocycles. The molecule has 0 saturated heterocycles. The number of nitrogens with one attached hydrogen (secondary N) is 2. The largest absolute Gasteiger partial charge is 0.507 e. The number of nitrogens with zero attached hydrogens (tertiary/aromatic N) is 2. The quantitative estimate of drug-likeness (QED) is 0.293. The van der Waals surface area contributed by atoms with E-state index in [9.17, 15) is 9.90 Å². The summed E-state index contributed by atoms with van der Waals surface area (Å²) in [6, 6.07) is 19.6. The zero-order valence-corrected chi connectivity index (χ0v) is 17.9. The van der Waals surface area contributed by atoms with Crippen LogP contribution >= 0.6 is 0 Å². The number of para-hydroxylation sites is 1. The maximum atomic E-state index is 12.5. The van der Waals surface area contributed by atoms with E-state index in [-0.39, 0.29) is 11.7 Å². The monoisotopic (exact) mass is 428 g/mol. The highest BCUT2D eigenvalue weighted by Crippen LogP contribution is 2.28. The molecule has 0 unspecified atom stereocenters. The summed E-state index contributed by atoms with van der Waals surface area (Å²) in [7, 11) is 0. The molecule has 0 spiro atoms. The molecular weight excluding hydrogens is 404 g/mol. The molecule has 0 aliphatic carbocycles. The van der Waals surface area contributed by atoms with E-state index in [0.717, 1.165) is 11.3 Å². The second-order valence-electron chi connectivity index (χ2n) is 7.81. The van der Waals surface area contributed by atoms with Crippen LogP contribution in [0.2, 0.25) is 0 Å². The lowest BCUT2D eigenvalue weighted by molar-refractivity contribution is 0.0955. The minimum atomic E-state index is -0.334. The van der Waals surface area contributed by atoms with Crippen LogP contribution in [-0.2, 0) is 0 Å². The van der Waals surface area contributed by atoms with Gasteiger partial charge in [0.2, 0.25) is 0 Å². The number of aromatic hydroxyl groups is 1. The topological polar surface area (TPSA) is 99.6 Å². The first-order valence-corrected chi connectivity index (χ1v) is 10.3. The first-order valence-electron chi connectivity index (χ1n) is 10.3. The Morgan fingerprint density at radius 1 is 1.16 bits per heavy atom. The minimum absolute atomic E-state index is 0.137. The van der Waals surface area contributed by atoms with Crippen LogP contribution in [0.15, 0.2) is 71.8 Å². The molecule has 0 saturated carbocycles. The molecular formula is C25H24N4O3. The van der Waals surface area contributed by atoms with Gasteiger partial charge in [-0.25, -0.2) is 10.4 Å². The van der Waals surface area contributed by atoms with Crippen LogP contribution in [0.25, 0.3) is 22.4 Å². The third kappa shape index (κ3) is 4.95. The van der Waals surface area contributed by atoms with Gasteiger partial charge in [0, 0.05) is 5.56 Å². The van der Waals surface area contributed by atoms with E-state index in [0.29, 0.717) is 40.5 Å². The molecule has 3 N–H and O–H groups in total. The number of amides is 1. The maximum absolute atomic E-state index is 12.5. The van der Waals surface area contributed by atoms with E-state index in [2.05, 4.69) is 34.3 Å². The third-order valence-corrected chi connectivity index (χ3v) is 4.75. The number of carbonyl (C=O) groups is 1. The Hall–Kier alpha value is -4.13. The van der Waals surface area contributed by atoms with Gasteiger partial charge in [-0.15, -0.1) is 0 Å². The first kappa shape index (κ1) is 21.1. The zero-order chi connectivity index (χ0) is 22.5. The maximum Gasteiger partial charge on any atom is 0.271 e. The summed E-state index contributed by atoms with van der Waals surface area (Å²) in [6.07, 6.45) is 1.58. The number of H-pyrrole nitrogens is 1. The van der Waals surface area contributed by atoms with Crippen molar-refractivity contribution in [3.8, 4) is 22.9 Å². The number of hydrazone groups is 1. The highest BCUT2D eigenvalue weighted by Gasteiger charge is 2.11. The predicted octanol–water partition coefficient (Wildman–Crippen LogP) is 4.73. The number of fused-ring (bicyclic) bond motifs is 1. The van der Waals surface area contributed by atoms with Crippen LogP contribution < -0.4 is 10.2 Å². The second kappa shape index (κ2) is 9.34. The number of aromatic amines is 1. The molecule has 1 heterocycles. The van der Waals surface area contributed by atoms with Gasteiger partial charge in [-0.2, -0.15) is 5.10 Å². The zero-order valence-electron chi connectivity index (χ0n) is 17.9. The number of aromatic nitrogens is 2. The van der Waals surface area contributed by atoms with Gasteiger partial charge in [0.25, 0.3) is 5.91 Å². The number of hydrogen-bond acceptors (Lipinski definition) is 5. The third-order valence-electron chi connectivity index (χ3n) is 4.75. The van der Waals surface area contributed by atoms with Crippen LogP contribution in [0.1, 0.15) is 29.8 Å². The van der Waals surface area contributed by atoms with E-state index in [4.69, 9.17) is 4.74 Å². The fourth-order valence-corrected chi connectivity index (χ4v) is 3.10. The normalized spacial score (nSPS) is 11.3. The number of hydrogen-bond donors (Lipinski definition) is 3. The average Bonchev–Trinajstić information content (AvgIpc) is 3.22. The van der Waals surface area contributed by atoms with Crippen molar-refractivity contribution in [3.63, 3.8) is 0 Å². The molecule has 0 radical (unpaired) electrons. The van der Waals surface area contributed by atoms with Crippen LogP contribution in [0, 0.1) is 5.92 Å². The first-order chi connectivity index (χ1) is 15.5. The number of phenols is 1. The molecule has 4 aromatic rings. The van der Waals surface area contributed by atoms with Crippen molar-refractivity contribution in [2.24, 2.45) is 11.0 Å². The molecule has 7 nitrogen and oxygen atoms in total. The van der Waals surface area contributed by atoms with Crippen molar-refractivity contribution in [1.82, 2.24) is 15.4 Å². The van der Waals surface area contributed by atoms with Crippen molar-refractivity contribution in [2.75, 3.05) is 6.61 Å². The molecule has 3 aromatic carbocycles. The van der Waals surface area contributed by atoms with Gasteiger partial charge < -0.3 is 14.8 Å². The molecule has 7 heteroatoms. The summed E-state index contributed by atoms with van der Waals surface area (Å²) in [6.45, 7) is 4.86. The minimum Gasteiger partial charge on any atom is -0.507 e. The van der Waals surface area contributed by atoms with E-state index < -0.39 is 0 Å². The molecule has 0 aliphatic heterocycles. The van der Waals surface area contributed by atoms with Gasteiger partial charge in [-0.1, -0.05) is 26.0 Å². The Morgan fingerprint density at radius 2 is 1.94 bits per heavy atom. The van der Waals surface area contributed by atoms with Crippen molar-refractivity contribution in [3.05, 3.63) is 77.9 Å². The van der Waals surface area contributed by atoms with Crippen molar-refractivity contribution in [2.45, 2.75) is 13.8 Å². The Labute approximate surface area is 185 Å². The van der Waals surface area contributed by atoms with Crippen molar-refractivity contribution < 1.29 is 14.6 Å². The predicted molar refractivity (Wildman–Crippen MR) is 125 cm³/mol. The lowest BCUT2D eigenvalue weighted by Gasteiger charge is -2.08. The summed E-state index contributed by atoms with van der Waals surface area (Å²) < 4.78 is 5.66. The second-order valence-corrected chi connectivity index (χ2v) is 7.81. The van der Waals surface area contributed by atoms with Crippen LogP contribution in [0.4, 0.5) is 0 Å². The SMILES string of the molecule is CC(C)COc1ccc(/C=N/NC(=O)c2ccc3nc(-c4ccccc4O)[nH]c3c2)cc1. The number of benzene rings is 3. The van der Waals surface area contributed by atoms with Gasteiger partial charge in [0.05, 0.1) is 29.4 Å². The highest BCUT2D eigenvalue weighted by molar-refractivity contribution is 5.98. The van der Waals surface area contributed by atoms with Crippen LogP contribution in [0.3, 0.4) is 0 Å². The fraction of sp³-hybridized carbons (Fsp3) is 0.160. The van der Waals surface area contributed by atoms with Gasteiger partial charge in [0.15, 0.2) is 0 Å². The fourth-order valence-electron chi connectivity index (χ4n) is 3.10. The number of ether oxygens (including phenoxy) is 1. The Morgan fingerprint density at radius 3 is 2.69 bits per heavy atom. The van der Waals surface area contributed by atoms with Gasteiger partial charge in [-0.05, 0) is 66.1 Å². The number of phenolic OH excluding ortho intramolecular Hbond substituents is 1. The highest BCUT2D eigenvalue weighted by atomic mass is 16.5. The Bertz CT molecular complexity index is 1260. The van der Waals surface area contributed by atoms with Gasteiger partial charge >= 0.3 is 0 Å². The van der Waals surface area contributed by atoms with Crippen molar-refractivity contribution >= 4 is 23.2 Å². The summed E-state index contributed by atoms with van der Waals surface area (Å²) in [5.74, 6) is 1.60. The molecule has 32 heavy (non-hydrogen) atoms. The van der Waals surface area contributed by atoms with E-state index >= 15 is 0 Å². The standard InChI is InChI=1S/C25H24N4O3/c1-16(2)15-32-19-10-7-17(8-11-19)14-26-29-25(31)18-9-12-21-22(13-18)28-24(27-21)20-5-3-4-6-23(20)30/h3-14,16,30H,15H2,1-2H3,(H,27,28)(H,29,31)/b26-14+. The summed E-state index contributed by atoms with van der Waals surface area (Å²) >= 11 is 0. The molecule has 162 valence electrons. The molecule has 0 atom stereocenters. The number of imidazole rings is 1. The van der Waals surface area contributed by atoms with Gasteiger partial charge in [0.1, 0.15) is 17.3 Å². The molecule has 1 amide bonds. The van der Waals surface area contributed by atoms with Crippen molar-refractivity contribution in [1.29, 1.82) is 0 Å². The number of carbonyl (C=O) groups excluding carboxylic acids is 1. The summed E-state index contributed by atoms with van der Waals surface area (Å²) in [4.78, 5) is 20.1. The lowest BCUT2D eigenvalue weighted by Crippen LogP contribution is -2.17. The molecule has 0 aliphatic rings. The van der Waals surface area contributed by atoms with Gasteiger partial charge in [-0.3, -0.25) is 4.79 Å².